The Morgan fingerprint density at radius 3 is 2.88 bits per heavy atom. The molecule has 2 heterocycles. The van der Waals surface area contributed by atoms with Crippen LogP contribution in [0.15, 0.2) is 12.3 Å². The van der Waals surface area contributed by atoms with Crippen LogP contribution in [0.2, 0.25) is 5.02 Å². The maximum atomic E-state index is 11.2. The summed E-state index contributed by atoms with van der Waals surface area (Å²) in [5.41, 5.74) is 1.06. The van der Waals surface area contributed by atoms with E-state index in [2.05, 4.69) is 4.98 Å². The number of aromatic carboxylic acids is 1. The topological polar surface area (TPSA) is 63.8 Å². The molecule has 0 aliphatic carbocycles. The summed E-state index contributed by atoms with van der Waals surface area (Å²) in [5, 5.41) is 9.48. The molecule has 0 unspecified atom stereocenters. The van der Waals surface area contributed by atoms with Crippen LogP contribution in [0.5, 0.6) is 5.75 Å². The van der Waals surface area contributed by atoms with Gasteiger partial charge in [0.25, 0.3) is 0 Å². The Hall–Kier alpha value is -1.75. The Kier molecular flexibility index (Phi) is 2.93. The summed E-state index contributed by atoms with van der Waals surface area (Å²) in [6, 6.07) is 1.61. The van der Waals surface area contributed by atoms with Crippen molar-refractivity contribution in [2.45, 2.75) is 13.3 Å². The number of carboxylic acid groups (broad SMARTS) is 1. The van der Waals surface area contributed by atoms with Gasteiger partial charge in [0.05, 0.1) is 12.8 Å². The van der Waals surface area contributed by atoms with E-state index in [1.807, 2.05) is 6.92 Å². The summed E-state index contributed by atoms with van der Waals surface area (Å²) in [4.78, 5) is 15.4. The summed E-state index contributed by atoms with van der Waals surface area (Å²) in [5.74, 6) is -0.542. The highest BCUT2D eigenvalue weighted by Gasteiger charge is 2.20. The molecule has 6 heteroatoms. The van der Waals surface area contributed by atoms with E-state index in [4.69, 9.17) is 21.4 Å². The summed E-state index contributed by atoms with van der Waals surface area (Å²) < 4.78 is 6.53. The van der Waals surface area contributed by atoms with Gasteiger partial charge in [0.15, 0.2) is 11.3 Å². The van der Waals surface area contributed by atoms with Crippen LogP contribution in [0.25, 0.3) is 5.65 Å². The fraction of sp³-hybridized carbons (Fsp3) is 0.273. The van der Waals surface area contributed by atoms with Gasteiger partial charge in [-0.25, -0.2) is 9.78 Å². The number of hydrogen-bond donors (Lipinski definition) is 1. The molecule has 0 spiro atoms. The molecule has 0 aliphatic rings. The van der Waals surface area contributed by atoms with Gasteiger partial charge in [-0.15, -0.1) is 0 Å². The molecular formula is C11H11ClN2O3. The van der Waals surface area contributed by atoms with Crippen LogP contribution in [-0.4, -0.2) is 27.6 Å². The number of carbonyl (C=O) groups is 1. The Bertz CT molecular complexity index is 592. The normalized spacial score (nSPS) is 10.8. The second-order valence-electron chi connectivity index (χ2n) is 3.46. The number of methoxy groups -OCH3 is 1. The third kappa shape index (κ3) is 1.72. The van der Waals surface area contributed by atoms with Crippen LogP contribution < -0.4 is 4.74 Å². The minimum absolute atomic E-state index is 0.145. The standard InChI is InChI=1S/C11H11ClN2O3/c1-3-6-9(11(15)16)14-5-4-7(17-2)8(12)10(14)13-6/h4-5H,3H2,1-2H3,(H,15,16). The number of pyridine rings is 1. The van der Waals surface area contributed by atoms with Crippen LogP contribution in [0.1, 0.15) is 23.1 Å². The van der Waals surface area contributed by atoms with Gasteiger partial charge in [-0.1, -0.05) is 18.5 Å². The molecule has 0 bridgehead atoms. The zero-order chi connectivity index (χ0) is 12.6. The number of fused-ring (bicyclic) bond motifs is 1. The van der Waals surface area contributed by atoms with E-state index in [0.29, 0.717) is 28.5 Å². The molecule has 2 rings (SSSR count). The third-order valence-electron chi connectivity index (χ3n) is 2.53. The fourth-order valence-electron chi connectivity index (χ4n) is 1.74. The predicted molar refractivity (Wildman–Crippen MR) is 63.1 cm³/mol. The molecule has 1 N–H and O–H groups in total. The number of halogens is 1. The maximum Gasteiger partial charge on any atom is 0.354 e. The number of ether oxygens (including phenoxy) is 1. The average Bonchev–Trinajstić information content (AvgIpc) is 2.69. The van der Waals surface area contributed by atoms with Gasteiger partial charge in [0.2, 0.25) is 0 Å². The molecule has 5 nitrogen and oxygen atoms in total. The molecule has 17 heavy (non-hydrogen) atoms. The lowest BCUT2D eigenvalue weighted by molar-refractivity contribution is 0.0688. The second kappa shape index (κ2) is 4.25. The van der Waals surface area contributed by atoms with Crippen molar-refractivity contribution in [3.8, 4) is 5.75 Å². The summed E-state index contributed by atoms with van der Waals surface area (Å²) in [6.45, 7) is 1.85. The first-order chi connectivity index (χ1) is 8.10. The highest BCUT2D eigenvalue weighted by molar-refractivity contribution is 6.35. The van der Waals surface area contributed by atoms with Crippen molar-refractivity contribution in [3.05, 3.63) is 28.7 Å². The first-order valence-corrected chi connectivity index (χ1v) is 5.44. The smallest absolute Gasteiger partial charge is 0.354 e. The van der Waals surface area contributed by atoms with Gasteiger partial charge in [-0.3, -0.25) is 4.40 Å². The van der Waals surface area contributed by atoms with E-state index in [1.54, 1.807) is 12.3 Å². The maximum absolute atomic E-state index is 11.2. The first-order valence-electron chi connectivity index (χ1n) is 5.06. The molecule has 0 amide bonds. The van der Waals surface area contributed by atoms with Gasteiger partial charge in [0, 0.05) is 6.20 Å². The van der Waals surface area contributed by atoms with Crippen molar-refractivity contribution in [2.75, 3.05) is 7.11 Å². The largest absolute Gasteiger partial charge is 0.495 e. The van der Waals surface area contributed by atoms with Crippen molar-refractivity contribution in [1.82, 2.24) is 9.38 Å². The Morgan fingerprint density at radius 1 is 1.65 bits per heavy atom. The molecule has 2 aromatic heterocycles. The van der Waals surface area contributed by atoms with Gasteiger partial charge < -0.3 is 9.84 Å². The van der Waals surface area contributed by atoms with Gasteiger partial charge in [-0.05, 0) is 12.5 Å². The number of carboxylic acids is 1. The highest BCUT2D eigenvalue weighted by Crippen LogP contribution is 2.29. The van der Waals surface area contributed by atoms with E-state index in [-0.39, 0.29) is 5.69 Å². The molecule has 0 aliphatic heterocycles. The molecule has 0 radical (unpaired) electrons. The molecule has 2 aromatic rings. The summed E-state index contributed by atoms with van der Waals surface area (Å²) in [6.07, 6.45) is 2.12. The Labute approximate surface area is 103 Å². The van der Waals surface area contributed by atoms with Gasteiger partial charge in [-0.2, -0.15) is 0 Å². The zero-order valence-corrected chi connectivity index (χ0v) is 10.2. The lowest BCUT2D eigenvalue weighted by Crippen LogP contribution is -2.05. The first kappa shape index (κ1) is 11.7. The lowest BCUT2D eigenvalue weighted by atomic mass is 10.2. The minimum Gasteiger partial charge on any atom is -0.495 e. The summed E-state index contributed by atoms with van der Waals surface area (Å²) in [7, 11) is 1.50. The van der Waals surface area contributed by atoms with E-state index in [0.717, 1.165) is 0 Å². The van der Waals surface area contributed by atoms with Crippen molar-refractivity contribution >= 4 is 23.2 Å². The van der Waals surface area contributed by atoms with Gasteiger partial charge in [0.1, 0.15) is 10.8 Å². The molecule has 0 aromatic carbocycles. The third-order valence-corrected chi connectivity index (χ3v) is 2.88. The van der Waals surface area contributed by atoms with E-state index >= 15 is 0 Å². The van der Waals surface area contributed by atoms with Crippen LogP contribution in [0.4, 0.5) is 0 Å². The molecule has 0 saturated heterocycles. The van der Waals surface area contributed by atoms with Crippen LogP contribution in [0.3, 0.4) is 0 Å². The molecule has 0 fully saturated rings. The molecular weight excluding hydrogens is 244 g/mol. The monoisotopic (exact) mass is 254 g/mol. The van der Waals surface area contributed by atoms with Crippen LogP contribution >= 0.6 is 11.6 Å². The van der Waals surface area contributed by atoms with E-state index in [1.165, 1.54) is 11.5 Å². The zero-order valence-electron chi connectivity index (χ0n) is 9.40. The number of nitrogens with zero attached hydrogens (tertiary/aromatic N) is 2. The number of aromatic nitrogens is 2. The van der Waals surface area contributed by atoms with Crippen molar-refractivity contribution < 1.29 is 14.6 Å². The highest BCUT2D eigenvalue weighted by atomic mass is 35.5. The second-order valence-corrected chi connectivity index (χ2v) is 3.84. The lowest BCUT2D eigenvalue weighted by Gasteiger charge is -2.04. The SMILES string of the molecule is CCc1nc2c(Cl)c(OC)ccn2c1C(=O)O. The van der Waals surface area contributed by atoms with E-state index < -0.39 is 5.97 Å². The van der Waals surface area contributed by atoms with E-state index in [9.17, 15) is 4.79 Å². The predicted octanol–water partition coefficient (Wildman–Crippen LogP) is 2.26. The fourth-order valence-corrected chi connectivity index (χ4v) is 2.01. The Balaban J connectivity index is 2.82. The quantitative estimate of drug-likeness (QED) is 0.913. The minimum atomic E-state index is -1.02. The molecule has 0 atom stereocenters. The molecule has 90 valence electrons. The average molecular weight is 255 g/mol. The van der Waals surface area contributed by atoms with Crippen molar-refractivity contribution in [3.63, 3.8) is 0 Å². The Morgan fingerprint density at radius 2 is 2.35 bits per heavy atom. The number of imidazole rings is 1. The van der Waals surface area contributed by atoms with Crippen LogP contribution in [0, 0.1) is 0 Å². The number of hydrogen-bond acceptors (Lipinski definition) is 3. The van der Waals surface area contributed by atoms with Gasteiger partial charge >= 0.3 is 5.97 Å². The number of rotatable bonds is 3. The number of aryl methyl sites for hydroxylation is 1. The van der Waals surface area contributed by atoms with Crippen molar-refractivity contribution in [1.29, 1.82) is 0 Å². The summed E-state index contributed by atoms with van der Waals surface area (Å²) >= 11 is 6.09. The molecule has 0 saturated carbocycles. The van der Waals surface area contributed by atoms with Crippen LogP contribution in [-0.2, 0) is 6.42 Å². The van der Waals surface area contributed by atoms with Crippen molar-refractivity contribution in [2.24, 2.45) is 0 Å².